The van der Waals surface area contributed by atoms with Crippen LogP contribution in [0.4, 0.5) is 10.2 Å². The summed E-state index contributed by atoms with van der Waals surface area (Å²) in [5, 5.41) is 3.74. The highest BCUT2D eigenvalue weighted by Crippen LogP contribution is 2.43. The molecule has 26 heavy (non-hydrogen) atoms. The highest BCUT2D eigenvalue weighted by atomic mass is 35.5. The van der Waals surface area contributed by atoms with Gasteiger partial charge in [0.15, 0.2) is 0 Å². The first-order chi connectivity index (χ1) is 12.6. The van der Waals surface area contributed by atoms with Crippen molar-refractivity contribution in [2.24, 2.45) is 0 Å². The first-order valence-electron chi connectivity index (χ1n) is 8.66. The molecule has 7 heteroatoms. The molecule has 1 amide bonds. The second-order valence-electron chi connectivity index (χ2n) is 6.60. The maximum Gasteiger partial charge on any atom is 0.255 e. The Bertz CT molecular complexity index is 809. The van der Waals surface area contributed by atoms with Gasteiger partial charge >= 0.3 is 0 Å². The maximum absolute atomic E-state index is 13.0. The Morgan fingerprint density at radius 1 is 1.27 bits per heavy atom. The van der Waals surface area contributed by atoms with Crippen molar-refractivity contribution in [2.45, 2.75) is 18.4 Å². The van der Waals surface area contributed by atoms with Crippen molar-refractivity contribution in [1.82, 2.24) is 9.88 Å². The minimum Gasteiger partial charge on any atom is -0.378 e. The molecule has 0 spiro atoms. The predicted molar refractivity (Wildman–Crippen MR) is 97.1 cm³/mol. The van der Waals surface area contributed by atoms with Gasteiger partial charge in [-0.25, -0.2) is 9.37 Å². The van der Waals surface area contributed by atoms with E-state index in [1.165, 1.54) is 12.1 Å². The number of carbonyl (C=O) groups is 1. The zero-order chi connectivity index (χ0) is 18.1. The van der Waals surface area contributed by atoms with E-state index in [9.17, 15) is 9.18 Å². The SMILES string of the molecule is O=C(c1cnc(N[C@@H]2C[C@H]2c2ccc(F)cc2)c(Cl)c1)N1CCOCC1. The van der Waals surface area contributed by atoms with Crippen LogP contribution in [0.1, 0.15) is 28.3 Å². The number of carbonyl (C=O) groups excluding carboxylic acids is 1. The molecule has 1 saturated heterocycles. The van der Waals surface area contributed by atoms with Crippen LogP contribution in [0.15, 0.2) is 36.5 Å². The zero-order valence-electron chi connectivity index (χ0n) is 14.1. The smallest absolute Gasteiger partial charge is 0.255 e. The number of nitrogens with zero attached hydrogens (tertiary/aromatic N) is 2. The van der Waals surface area contributed by atoms with Crippen LogP contribution in [0.25, 0.3) is 0 Å². The van der Waals surface area contributed by atoms with E-state index < -0.39 is 0 Å². The Hall–Kier alpha value is -2.18. The van der Waals surface area contributed by atoms with E-state index in [4.69, 9.17) is 16.3 Å². The molecule has 2 aromatic rings. The van der Waals surface area contributed by atoms with Crippen molar-refractivity contribution in [3.8, 4) is 0 Å². The van der Waals surface area contributed by atoms with Gasteiger partial charge in [-0.3, -0.25) is 4.79 Å². The largest absolute Gasteiger partial charge is 0.378 e. The molecule has 2 atom stereocenters. The number of hydrogen-bond acceptors (Lipinski definition) is 4. The quantitative estimate of drug-likeness (QED) is 0.890. The topological polar surface area (TPSA) is 54.5 Å². The van der Waals surface area contributed by atoms with E-state index in [2.05, 4.69) is 10.3 Å². The van der Waals surface area contributed by atoms with Crippen molar-refractivity contribution in [1.29, 1.82) is 0 Å². The molecule has 5 nitrogen and oxygen atoms in total. The summed E-state index contributed by atoms with van der Waals surface area (Å²) in [7, 11) is 0. The molecule has 0 unspecified atom stereocenters. The van der Waals surface area contributed by atoms with Crippen molar-refractivity contribution in [3.63, 3.8) is 0 Å². The number of amides is 1. The molecule has 1 aliphatic carbocycles. The summed E-state index contributed by atoms with van der Waals surface area (Å²) in [6.07, 6.45) is 2.50. The number of morpholine rings is 1. The lowest BCUT2D eigenvalue weighted by Crippen LogP contribution is -2.40. The summed E-state index contributed by atoms with van der Waals surface area (Å²) in [5.74, 6) is 0.580. The van der Waals surface area contributed by atoms with Gasteiger partial charge in [0.2, 0.25) is 0 Å². The lowest BCUT2D eigenvalue weighted by atomic mass is 10.1. The number of nitrogens with one attached hydrogen (secondary N) is 1. The van der Waals surface area contributed by atoms with Crippen LogP contribution in [-0.2, 0) is 4.74 Å². The van der Waals surface area contributed by atoms with Crippen LogP contribution in [-0.4, -0.2) is 48.1 Å². The molecule has 1 aromatic carbocycles. The lowest BCUT2D eigenvalue weighted by Gasteiger charge is -2.26. The standard InChI is InChI=1S/C19H19ClFN3O2/c20-16-9-13(19(25)24-5-7-26-8-6-24)11-22-18(16)23-17-10-15(17)12-1-3-14(21)4-2-12/h1-4,9,11,15,17H,5-8,10H2,(H,22,23)/t15-,17+/m0/s1. The molecule has 136 valence electrons. The Kier molecular flexibility index (Phi) is 4.78. The Morgan fingerprint density at radius 3 is 2.69 bits per heavy atom. The average Bonchev–Trinajstić information content (AvgIpc) is 3.43. The van der Waals surface area contributed by atoms with Crippen LogP contribution in [0.3, 0.4) is 0 Å². The summed E-state index contributed by atoms with van der Waals surface area (Å²) in [6, 6.07) is 8.43. The third-order valence-corrected chi connectivity index (χ3v) is 5.09. The number of rotatable bonds is 4. The van der Waals surface area contributed by atoms with E-state index in [0.717, 1.165) is 12.0 Å². The summed E-state index contributed by atoms with van der Waals surface area (Å²) >= 11 is 6.33. The van der Waals surface area contributed by atoms with E-state index >= 15 is 0 Å². The summed E-state index contributed by atoms with van der Waals surface area (Å²) in [4.78, 5) is 18.6. The Labute approximate surface area is 156 Å². The molecule has 1 aliphatic heterocycles. The molecule has 1 saturated carbocycles. The molecule has 0 radical (unpaired) electrons. The minimum atomic E-state index is -0.232. The zero-order valence-corrected chi connectivity index (χ0v) is 14.9. The molecular weight excluding hydrogens is 357 g/mol. The second kappa shape index (κ2) is 7.21. The highest BCUT2D eigenvalue weighted by molar-refractivity contribution is 6.33. The fourth-order valence-electron chi connectivity index (χ4n) is 3.22. The van der Waals surface area contributed by atoms with Gasteiger partial charge < -0.3 is 15.0 Å². The molecule has 0 bridgehead atoms. The van der Waals surface area contributed by atoms with Crippen LogP contribution in [0.5, 0.6) is 0 Å². The van der Waals surface area contributed by atoms with Gasteiger partial charge in [0.25, 0.3) is 5.91 Å². The molecule has 2 aliphatic rings. The first-order valence-corrected chi connectivity index (χ1v) is 9.04. The van der Waals surface area contributed by atoms with Gasteiger partial charge in [-0.15, -0.1) is 0 Å². The lowest BCUT2D eigenvalue weighted by molar-refractivity contribution is 0.0302. The summed E-state index contributed by atoms with van der Waals surface area (Å²) in [5.41, 5.74) is 1.58. The summed E-state index contributed by atoms with van der Waals surface area (Å²) < 4.78 is 18.3. The number of hydrogen-bond donors (Lipinski definition) is 1. The summed E-state index contributed by atoms with van der Waals surface area (Å²) in [6.45, 7) is 2.27. The van der Waals surface area contributed by atoms with Gasteiger partial charge in [0, 0.05) is 31.2 Å². The monoisotopic (exact) mass is 375 g/mol. The number of benzene rings is 1. The van der Waals surface area contributed by atoms with E-state index in [1.807, 2.05) is 0 Å². The van der Waals surface area contributed by atoms with Crippen molar-refractivity contribution < 1.29 is 13.9 Å². The minimum absolute atomic E-state index is 0.0788. The van der Waals surface area contributed by atoms with Gasteiger partial charge in [-0.1, -0.05) is 23.7 Å². The van der Waals surface area contributed by atoms with Crippen LogP contribution in [0, 0.1) is 5.82 Å². The van der Waals surface area contributed by atoms with Gasteiger partial charge in [-0.2, -0.15) is 0 Å². The highest BCUT2D eigenvalue weighted by Gasteiger charge is 2.39. The Balaban J connectivity index is 1.40. The fourth-order valence-corrected chi connectivity index (χ4v) is 3.44. The molecule has 4 rings (SSSR count). The molecule has 2 fully saturated rings. The third kappa shape index (κ3) is 3.66. The third-order valence-electron chi connectivity index (χ3n) is 4.80. The number of pyridine rings is 1. The average molecular weight is 376 g/mol. The number of halogens is 2. The molecule has 2 heterocycles. The fraction of sp³-hybridized carbons (Fsp3) is 0.368. The van der Waals surface area contributed by atoms with Crippen molar-refractivity contribution >= 4 is 23.3 Å². The van der Waals surface area contributed by atoms with Gasteiger partial charge in [-0.05, 0) is 30.2 Å². The van der Waals surface area contributed by atoms with Crippen LogP contribution < -0.4 is 5.32 Å². The van der Waals surface area contributed by atoms with Gasteiger partial charge in [0.1, 0.15) is 11.6 Å². The van der Waals surface area contributed by atoms with Crippen LogP contribution in [0.2, 0.25) is 5.02 Å². The maximum atomic E-state index is 13.0. The van der Waals surface area contributed by atoms with E-state index in [1.54, 1.807) is 29.3 Å². The van der Waals surface area contributed by atoms with Gasteiger partial charge in [0.05, 0.1) is 23.8 Å². The van der Waals surface area contributed by atoms with Crippen LogP contribution >= 0.6 is 11.6 Å². The predicted octanol–water partition coefficient (Wildman–Crippen LogP) is 3.31. The second-order valence-corrected chi connectivity index (χ2v) is 7.01. The number of ether oxygens (including phenoxy) is 1. The van der Waals surface area contributed by atoms with E-state index in [-0.39, 0.29) is 17.8 Å². The molecular formula is C19H19ClFN3O2. The molecule has 1 aromatic heterocycles. The molecule has 1 N–H and O–H groups in total. The van der Waals surface area contributed by atoms with Crippen molar-refractivity contribution in [3.05, 3.63) is 58.5 Å². The van der Waals surface area contributed by atoms with E-state index in [0.29, 0.717) is 48.6 Å². The number of anilines is 1. The normalized spacial score (nSPS) is 22.2. The number of aromatic nitrogens is 1. The first kappa shape index (κ1) is 17.2. The van der Waals surface area contributed by atoms with Crippen molar-refractivity contribution in [2.75, 3.05) is 31.6 Å². The Morgan fingerprint density at radius 2 is 2.00 bits per heavy atom.